The Morgan fingerprint density at radius 1 is 1.04 bits per heavy atom. The van der Waals surface area contributed by atoms with Gasteiger partial charge in [0.25, 0.3) is 0 Å². The number of piperazine rings is 1. The Morgan fingerprint density at radius 2 is 1.79 bits per heavy atom. The van der Waals surface area contributed by atoms with Gasteiger partial charge in [0.1, 0.15) is 18.0 Å². The molecule has 7 heteroatoms. The number of carbonyl (C=O) groups excluding carboxylic acids is 1. The summed E-state index contributed by atoms with van der Waals surface area (Å²) in [6, 6.07) is 2.48. The van der Waals surface area contributed by atoms with Crippen LogP contribution in [0.4, 0.5) is 16.4 Å². The van der Waals surface area contributed by atoms with Crippen LogP contribution >= 0.6 is 0 Å². The number of hydrogen-bond donors (Lipinski definition) is 1. The van der Waals surface area contributed by atoms with Crippen molar-refractivity contribution in [3.05, 3.63) is 12.4 Å². The van der Waals surface area contributed by atoms with Crippen LogP contribution in [0.2, 0.25) is 0 Å². The fourth-order valence-electron chi connectivity index (χ4n) is 5.03. The third-order valence-electron chi connectivity index (χ3n) is 6.83. The number of amides is 2. The average Bonchev–Trinajstić information content (AvgIpc) is 2.73. The lowest BCUT2D eigenvalue weighted by molar-refractivity contribution is 0.108. The highest BCUT2D eigenvalue weighted by atomic mass is 16.2. The fraction of sp³-hybridized carbons (Fsp3) is 0.762. The molecule has 2 aliphatic heterocycles. The Labute approximate surface area is 168 Å². The monoisotopic (exact) mass is 386 g/mol. The van der Waals surface area contributed by atoms with E-state index < -0.39 is 0 Å². The van der Waals surface area contributed by atoms with Crippen molar-refractivity contribution in [2.45, 2.75) is 52.0 Å². The molecule has 0 aromatic carbocycles. The Hall–Kier alpha value is -1.89. The van der Waals surface area contributed by atoms with E-state index in [-0.39, 0.29) is 6.03 Å². The summed E-state index contributed by atoms with van der Waals surface area (Å²) in [4.78, 5) is 28.3. The minimum atomic E-state index is -0.0155. The molecule has 1 saturated carbocycles. The van der Waals surface area contributed by atoms with E-state index >= 15 is 0 Å². The molecular weight excluding hydrogens is 352 g/mol. The molecule has 1 N–H and O–H groups in total. The van der Waals surface area contributed by atoms with Gasteiger partial charge in [-0.3, -0.25) is 10.2 Å². The number of fused-ring (bicyclic) bond motifs is 1. The number of rotatable bonds is 3. The number of hydrogen-bond acceptors (Lipinski definition) is 5. The molecular formula is C21H34N6O. The minimum Gasteiger partial charge on any atom is -0.354 e. The molecule has 3 aliphatic rings. The van der Waals surface area contributed by atoms with Crippen molar-refractivity contribution in [2.75, 3.05) is 49.5 Å². The molecule has 3 fully saturated rings. The van der Waals surface area contributed by atoms with Gasteiger partial charge in [0, 0.05) is 51.4 Å². The molecule has 28 heavy (non-hydrogen) atoms. The van der Waals surface area contributed by atoms with Gasteiger partial charge in [0.05, 0.1) is 0 Å². The van der Waals surface area contributed by atoms with Gasteiger partial charge in [-0.05, 0) is 38.5 Å². The first-order chi connectivity index (χ1) is 13.6. The smallest absolute Gasteiger partial charge is 0.323 e. The third-order valence-corrected chi connectivity index (χ3v) is 6.83. The summed E-state index contributed by atoms with van der Waals surface area (Å²) in [5, 5.41) is 3.01. The van der Waals surface area contributed by atoms with Crippen LogP contribution < -0.4 is 10.2 Å². The van der Waals surface area contributed by atoms with E-state index in [4.69, 9.17) is 0 Å². The van der Waals surface area contributed by atoms with Crippen LogP contribution in [-0.4, -0.2) is 71.1 Å². The van der Waals surface area contributed by atoms with Gasteiger partial charge >= 0.3 is 6.03 Å². The maximum atomic E-state index is 12.8. The lowest BCUT2D eigenvalue weighted by atomic mass is 9.75. The molecule has 2 unspecified atom stereocenters. The number of urea groups is 1. The molecule has 2 atom stereocenters. The minimum absolute atomic E-state index is 0.0155. The molecule has 0 radical (unpaired) electrons. The molecule has 2 amide bonds. The van der Waals surface area contributed by atoms with Gasteiger partial charge in [-0.2, -0.15) is 0 Å². The van der Waals surface area contributed by atoms with Crippen molar-refractivity contribution in [2.24, 2.45) is 11.8 Å². The maximum Gasteiger partial charge on any atom is 0.323 e. The first kappa shape index (κ1) is 19.4. The molecule has 1 aromatic rings. The van der Waals surface area contributed by atoms with Crippen LogP contribution in [0.3, 0.4) is 0 Å². The number of nitrogens with one attached hydrogen (secondary N) is 1. The second-order valence-corrected chi connectivity index (χ2v) is 8.85. The summed E-state index contributed by atoms with van der Waals surface area (Å²) in [6.07, 6.45) is 8.01. The molecule has 2 saturated heterocycles. The topological polar surface area (TPSA) is 64.6 Å². The Balaban J connectivity index is 1.34. The normalized spacial score (nSPS) is 26.2. The number of anilines is 2. The Morgan fingerprint density at radius 3 is 2.54 bits per heavy atom. The standard InChI is InChI=1S/C21H34N6O/c1-16(2)25-9-11-26(12-10-25)20-13-19(22-15-23-20)24-21(28)27-8-7-17-5-3-4-6-18(17)14-27/h13,15-18H,3-12,14H2,1-2H3,(H,22,23,24,28). The van der Waals surface area contributed by atoms with E-state index in [1.807, 2.05) is 11.0 Å². The zero-order valence-corrected chi connectivity index (χ0v) is 17.3. The summed E-state index contributed by atoms with van der Waals surface area (Å²) in [5.41, 5.74) is 0. The summed E-state index contributed by atoms with van der Waals surface area (Å²) in [5.74, 6) is 3.02. The van der Waals surface area contributed by atoms with Crippen LogP contribution in [0, 0.1) is 11.8 Å². The maximum absolute atomic E-state index is 12.8. The van der Waals surface area contributed by atoms with E-state index in [0.717, 1.165) is 57.4 Å². The molecule has 1 aliphatic carbocycles. The van der Waals surface area contributed by atoms with Gasteiger partial charge in [0.2, 0.25) is 0 Å². The van der Waals surface area contributed by atoms with Crippen molar-refractivity contribution in [3.8, 4) is 0 Å². The highest BCUT2D eigenvalue weighted by Crippen LogP contribution is 2.36. The fourth-order valence-corrected chi connectivity index (χ4v) is 5.03. The van der Waals surface area contributed by atoms with Gasteiger partial charge in [0.15, 0.2) is 0 Å². The molecule has 0 bridgehead atoms. The van der Waals surface area contributed by atoms with E-state index in [0.29, 0.717) is 17.8 Å². The van der Waals surface area contributed by atoms with Crippen molar-refractivity contribution in [1.82, 2.24) is 19.8 Å². The molecule has 0 spiro atoms. The van der Waals surface area contributed by atoms with Crippen molar-refractivity contribution in [1.29, 1.82) is 0 Å². The van der Waals surface area contributed by atoms with Crippen LogP contribution in [-0.2, 0) is 0 Å². The summed E-state index contributed by atoms with van der Waals surface area (Å²) in [7, 11) is 0. The quantitative estimate of drug-likeness (QED) is 0.865. The number of aromatic nitrogens is 2. The SMILES string of the molecule is CC(C)N1CCN(c2cc(NC(=O)N3CCC4CCCCC4C3)ncn2)CC1. The number of piperidine rings is 1. The van der Waals surface area contributed by atoms with Crippen LogP contribution in [0.25, 0.3) is 0 Å². The summed E-state index contributed by atoms with van der Waals surface area (Å²) < 4.78 is 0. The van der Waals surface area contributed by atoms with Crippen molar-refractivity contribution in [3.63, 3.8) is 0 Å². The second kappa shape index (κ2) is 8.64. The van der Waals surface area contributed by atoms with E-state index in [1.165, 1.54) is 25.7 Å². The molecule has 4 rings (SSSR count). The first-order valence-electron chi connectivity index (χ1n) is 11.0. The van der Waals surface area contributed by atoms with E-state index in [2.05, 4.69) is 38.9 Å². The lowest BCUT2D eigenvalue weighted by Gasteiger charge is -2.41. The largest absolute Gasteiger partial charge is 0.354 e. The Kier molecular flexibility index (Phi) is 5.99. The van der Waals surface area contributed by atoms with Crippen LogP contribution in [0.15, 0.2) is 12.4 Å². The number of carbonyl (C=O) groups is 1. The molecule has 3 heterocycles. The van der Waals surface area contributed by atoms with Gasteiger partial charge in [-0.25, -0.2) is 14.8 Å². The highest BCUT2D eigenvalue weighted by Gasteiger charge is 2.33. The molecule has 1 aromatic heterocycles. The average molecular weight is 387 g/mol. The highest BCUT2D eigenvalue weighted by molar-refractivity contribution is 5.88. The molecule has 154 valence electrons. The zero-order valence-electron chi connectivity index (χ0n) is 17.3. The van der Waals surface area contributed by atoms with Crippen molar-refractivity contribution >= 4 is 17.7 Å². The van der Waals surface area contributed by atoms with Crippen LogP contribution in [0.1, 0.15) is 46.0 Å². The predicted molar refractivity (Wildman–Crippen MR) is 112 cm³/mol. The number of nitrogens with zero attached hydrogens (tertiary/aromatic N) is 5. The van der Waals surface area contributed by atoms with Crippen molar-refractivity contribution < 1.29 is 4.79 Å². The van der Waals surface area contributed by atoms with E-state index in [1.54, 1.807) is 6.33 Å². The van der Waals surface area contributed by atoms with Crippen LogP contribution in [0.5, 0.6) is 0 Å². The van der Waals surface area contributed by atoms with E-state index in [9.17, 15) is 4.79 Å². The first-order valence-corrected chi connectivity index (χ1v) is 11.0. The zero-order chi connectivity index (χ0) is 19.5. The number of likely N-dealkylation sites (tertiary alicyclic amines) is 1. The lowest BCUT2D eigenvalue weighted by Crippen LogP contribution is -2.49. The van der Waals surface area contributed by atoms with Gasteiger partial charge < -0.3 is 9.80 Å². The molecule has 7 nitrogen and oxygen atoms in total. The van der Waals surface area contributed by atoms with Gasteiger partial charge in [-0.15, -0.1) is 0 Å². The van der Waals surface area contributed by atoms with Gasteiger partial charge in [-0.1, -0.05) is 19.3 Å². The summed E-state index contributed by atoms with van der Waals surface area (Å²) >= 11 is 0. The third kappa shape index (κ3) is 4.40. The predicted octanol–water partition coefficient (Wildman–Crippen LogP) is 3.05. The summed E-state index contributed by atoms with van der Waals surface area (Å²) in [6.45, 7) is 10.2. The second-order valence-electron chi connectivity index (χ2n) is 8.85. The Bertz CT molecular complexity index is 673.